The monoisotopic (exact) mass is 179 g/mol. The second-order valence-corrected chi connectivity index (χ2v) is 2.37. The molecule has 1 rings (SSSR count). The molecule has 0 aromatic rings. The lowest BCUT2D eigenvalue weighted by Gasteiger charge is -2.24. The third-order valence-corrected chi connectivity index (χ3v) is 1.45. The van der Waals surface area contributed by atoms with E-state index >= 15 is 0 Å². The first-order valence-electron chi connectivity index (χ1n) is 3.17. The molecule has 12 heavy (non-hydrogen) atoms. The summed E-state index contributed by atoms with van der Waals surface area (Å²) in [6.07, 6.45) is -2.43. The van der Waals surface area contributed by atoms with E-state index in [4.69, 9.17) is 11.6 Å². The van der Waals surface area contributed by atoms with Gasteiger partial charge >= 0.3 is 6.18 Å². The lowest BCUT2D eigenvalue weighted by Crippen LogP contribution is -2.43. The molecule has 0 aromatic carbocycles. The maximum Gasteiger partial charge on any atom is 0.416 e. The summed E-state index contributed by atoms with van der Waals surface area (Å²) in [6, 6.07) is 0. The lowest BCUT2D eigenvalue weighted by atomic mass is 10.2. The molecule has 68 valence electrons. The number of hydrogen-bond donors (Lipinski definition) is 2. The van der Waals surface area contributed by atoms with E-state index in [1.807, 2.05) is 0 Å². The number of hydrogen-bond acceptors (Lipinski definition) is 3. The zero-order valence-electron chi connectivity index (χ0n) is 6.05. The molecule has 0 bridgehead atoms. The van der Waals surface area contributed by atoms with E-state index in [0.717, 1.165) is 23.4 Å². The summed E-state index contributed by atoms with van der Waals surface area (Å²) in [6.45, 7) is 0. The second kappa shape index (κ2) is 2.80. The van der Waals surface area contributed by atoms with Crippen molar-refractivity contribution in [2.24, 2.45) is 11.6 Å². The molecule has 0 saturated heterocycles. The summed E-state index contributed by atoms with van der Waals surface area (Å²) in [5.74, 6) is 5.19. The van der Waals surface area contributed by atoms with Gasteiger partial charge in [0.2, 0.25) is 0 Å². The molecule has 6 heteroatoms. The highest BCUT2D eigenvalue weighted by molar-refractivity contribution is 5.28. The minimum atomic E-state index is -4.35. The fourth-order valence-electron chi connectivity index (χ4n) is 0.780. The topological polar surface area (TPSA) is 55.3 Å². The van der Waals surface area contributed by atoms with E-state index in [0.29, 0.717) is 0 Å². The number of rotatable bonds is 0. The Morgan fingerprint density at radius 1 is 1.42 bits per heavy atom. The molecule has 0 amide bonds. The molecule has 0 aromatic heterocycles. The van der Waals surface area contributed by atoms with Gasteiger partial charge in [-0.1, -0.05) is 0 Å². The van der Waals surface area contributed by atoms with E-state index < -0.39 is 17.9 Å². The Morgan fingerprint density at radius 3 is 2.42 bits per heavy atom. The predicted molar refractivity (Wildman–Crippen MR) is 37.3 cm³/mol. The molecule has 1 aliphatic heterocycles. The lowest BCUT2D eigenvalue weighted by molar-refractivity contribution is -0.0892. The van der Waals surface area contributed by atoms with Gasteiger partial charge in [-0.3, -0.25) is 5.01 Å². The van der Waals surface area contributed by atoms with Gasteiger partial charge in [-0.15, -0.1) is 0 Å². The summed E-state index contributed by atoms with van der Waals surface area (Å²) in [5, 5.41) is 0.995. The van der Waals surface area contributed by atoms with Crippen LogP contribution in [0, 0.1) is 0 Å². The Hall–Kier alpha value is -1.01. The molecule has 1 unspecified atom stereocenters. The average Bonchev–Trinajstić information content (AvgIpc) is 1.92. The van der Waals surface area contributed by atoms with Crippen LogP contribution in [0.4, 0.5) is 13.2 Å². The van der Waals surface area contributed by atoms with E-state index in [1.54, 1.807) is 0 Å². The summed E-state index contributed by atoms with van der Waals surface area (Å²) in [4.78, 5) is 0. The van der Waals surface area contributed by atoms with Crippen molar-refractivity contribution in [1.29, 1.82) is 0 Å². The van der Waals surface area contributed by atoms with Crippen molar-refractivity contribution < 1.29 is 13.2 Å². The van der Waals surface area contributed by atoms with Crippen LogP contribution in [0.2, 0.25) is 0 Å². The highest BCUT2D eigenvalue weighted by Gasteiger charge is 2.33. The number of halogens is 3. The SMILES string of the molecule is NC1C=C(C(F)(F)F)C=CN1N. The molecule has 1 aliphatic rings. The number of alkyl halides is 3. The number of nitrogens with zero attached hydrogens (tertiary/aromatic N) is 1. The van der Waals surface area contributed by atoms with Gasteiger partial charge in [0, 0.05) is 6.20 Å². The van der Waals surface area contributed by atoms with Gasteiger partial charge in [0.1, 0.15) is 6.17 Å². The van der Waals surface area contributed by atoms with Gasteiger partial charge in [-0.2, -0.15) is 13.2 Å². The summed E-state index contributed by atoms with van der Waals surface area (Å²) < 4.78 is 36.0. The third-order valence-electron chi connectivity index (χ3n) is 1.45. The van der Waals surface area contributed by atoms with Crippen molar-refractivity contribution in [3.63, 3.8) is 0 Å². The number of nitrogens with two attached hydrogens (primary N) is 2. The first-order valence-corrected chi connectivity index (χ1v) is 3.17. The molecule has 0 aliphatic carbocycles. The van der Waals surface area contributed by atoms with E-state index in [9.17, 15) is 13.2 Å². The Kier molecular flexibility index (Phi) is 2.12. The molecule has 0 radical (unpaired) electrons. The molecule has 3 nitrogen and oxygen atoms in total. The quantitative estimate of drug-likeness (QED) is 0.531. The summed E-state index contributed by atoms with van der Waals surface area (Å²) in [7, 11) is 0. The molecule has 4 N–H and O–H groups in total. The van der Waals surface area contributed by atoms with Crippen molar-refractivity contribution in [2.75, 3.05) is 0 Å². The van der Waals surface area contributed by atoms with Crippen LogP contribution >= 0.6 is 0 Å². The minimum absolute atomic E-state index is 0.767. The van der Waals surface area contributed by atoms with Crippen molar-refractivity contribution in [2.45, 2.75) is 12.3 Å². The molecule has 0 fully saturated rings. The Labute approximate surface area is 67.1 Å². The van der Waals surface area contributed by atoms with E-state index in [1.165, 1.54) is 0 Å². The van der Waals surface area contributed by atoms with Crippen molar-refractivity contribution in [3.05, 3.63) is 23.9 Å². The zero-order chi connectivity index (χ0) is 9.35. The highest BCUT2D eigenvalue weighted by Crippen LogP contribution is 2.28. The van der Waals surface area contributed by atoms with E-state index in [2.05, 4.69) is 0 Å². The zero-order valence-corrected chi connectivity index (χ0v) is 6.05. The highest BCUT2D eigenvalue weighted by atomic mass is 19.4. The molecule has 1 atom stereocenters. The van der Waals surface area contributed by atoms with Crippen molar-refractivity contribution in [1.82, 2.24) is 5.01 Å². The fraction of sp³-hybridized carbons (Fsp3) is 0.333. The Balaban J connectivity index is 2.84. The van der Waals surface area contributed by atoms with Crippen LogP contribution in [0.1, 0.15) is 0 Å². The van der Waals surface area contributed by atoms with Crippen LogP contribution in [0.5, 0.6) is 0 Å². The average molecular weight is 179 g/mol. The molecule has 0 saturated carbocycles. The first kappa shape index (κ1) is 9.08. The van der Waals surface area contributed by atoms with E-state index in [-0.39, 0.29) is 0 Å². The van der Waals surface area contributed by atoms with Crippen molar-refractivity contribution in [3.8, 4) is 0 Å². The van der Waals surface area contributed by atoms with Gasteiger partial charge in [0.15, 0.2) is 0 Å². The van der Waals surface area contributed by atoms with Crippen LogP contribution in [0.15, 0.2) is 23.9 Å². The smallest absolute Gasteiger partial charge is 0.307 e. The van der Waals surface area contributed by atoms with Crippen LogP contribution in [-0.4, -0.2) is 17.4 Å². The van der Waals surface area contributed by atoms with Gasteiger partial charge in [-0.25, -0.2) is 5.84 Å². The van der Waals surface area contributed by atoms with Gasteiger partial charge in [-0.05, 0) is 12.2 Å². The second-order valence-electron chi connectivity index (χ2n) is 2.37. The molecular formula is C6H8F3N3. The normalized spacial score (nSPS) is 24.2. The maximum atomic E-state index is 12.0. The Bertz CT molecular complexity index is 231. The van der Waals surface area contributed by atoms with Gasteiger partial charge < -0.3 is 5.73 Å². The fourth-order valence-corrected chi connectivity index (χ4v) is 0.780. The maximum absolute atomic E-state index is 12.0. The largest absolute Gasteiger partial charge is 0.416 e. The van der Waals surface area contributed by atoms with Crippen LogP contribution in [0.3, 0.4) is 0 Å². The third kappa shape index (κ3) is 1.77. The standard InChI is InChI=1S/C6H8F3N3/c7-6(8,9)4-1-2-12(11)5(10)3-4/h1-3,5H,10-11H2. The van der Waals surface area contributed by atoms with Crippen LogP contribution < -0.4 is 11.6 Å². The first-order chi connectivity index (χ1) is 5.41. The van der Waals surface area contributed by atoms with Crippen molar-refractivity contribution >= 4 is 0 Å². The molecule has 1 heterocycles. The minimum Gasteiger partial charge on any atom is -0.307 e. The summed E-state index contributed by atoms with van der Waals surface area (Å²) in [5.41, 5.74) is 4.47. The van der Waals surface area contributed by atoms with Crippen LogP contribution in [0.25, 0.3) is 0 Å². The number of hydrazine groups is 1. The predicted octanol–water partition coefficient (Wildman–Crippen LogP) is 0.463. The molecular weight excluding hydrogens is 171 g/mol. The molecule has 0 spiro atoms. The number of allylic oxidation sites excluding steroid dienone is 2. The van der Waals surface area contributed by atoms with Gasteiger partial charge in [0.25, 0.3) is 0 Å². The summed E-state index contributed by atoms with van der Waals surface area (Å²) >= 11 is 0. The van der Waals surface area contributed by atoms with Gasteiger partial charge in [0.05, 0.1) is 5.57 Å². The Morgan fingerprint density at radius 2 is 2.00 bits per heavy atom. The van der Waals surface area contributed by atoms with Crippen LogP contribution in [-0.2, 0) is 0 Å².